The van der Waals surface area contributed by atoms with Crippen molar-refractivity contribution in [1.29, 1.82) is 0 Å². The van der Waals surface area contributed by atoms with E-state index < -0.39 is 28.4 Å². The average Bonchev–Trinajstić information content (AvgIpc) is 2.94. The summed E-state index contributed by atoms with van der Waals surface area (Å²) in [4.78, 5) is 26.3. The predicted octanol–water partition coefficient (Wildman–Crippen LogP) is 6.32. The number of hydrogen-bond donors (Lipinski definition) is 2. The van der Waals surface area contributed by atoms with Gasteiger partial charge in [0, 0.05) is 5.02 Å². The zero-order chi connectivity index (χ0) is 28.0. The third kappa shape index (κ3) is 6.78. The van der Waals surface area contributed by atoms with E-state index in [4.69, 9.17) is 23.2 Å². The van der Waals surface area contributed by atoms with Gasteiger partial charge in [-0.2, -0.15) is 0 Å². The van der Waals surface area contributed by atoms with Crippen molar-refractivity contribution < 1.29 is 18.0 Å². The van der Waals surface area contributed by atoms with Gasteiger partial charge >= 0.3 is 0 Å². The van der Waals surface area contributed by atoms with E-state index >= 15 is 0 Å². The fourth-order valence-electron chi connectivity index (χ4n) is 3.91. The largest absolute Gasteiger partial charge is 0.345 e. The van der Waals surface area contributed by atoms with Crippen LogP contribution in [-0.2, 0) is 14.8 Å². The molecule has 0 spiro atoms. The number of hydrogen-bond acceptors (Lipinski definition) is 4. The highest BCUT2D eigenvalue weighted by Crippen LogP contribution is 2.33. The van der Waals surface area contributed by atoms with Crippen molar-refractivity contribution in [3.05, 3.63) is 124 Å². The molecule has 0 bridgehead atoms. The SMILES string of the molecule is C[C@@H](NC(=O)c1ccccc1NC(=O)CN(c1cc(Cl)ccc1Cl)S(=O)(=O)c1ccccc1)c1ccccc1. The van der Waals surface area contributed by atoms with Crippen LogP contribution >= 0.6 is 23.2 Å². The van der Waals surface area contributed by atoms with E-state index in [0.717, 1.165) is 9.87 Å². The summed E-state index contributed by atoms with van der Waals surface area (Å²) in [5, 5.41) is 5.95. The Morgan fingerprint density at radius 3 is 2.15 bits per heavy atom. The first-order chi connectivity index (χ1) is 18.7. The highest BCUT2D eigenvalue weighted by atomic mass is 35.5. The van der Waals surface area contributed by atoms with Gasteiger partial charge < -0.3 is 10.6 Å². The molecular weight excluding hydrogens is 557 g/mol. The van der Waals surface area contributed by atoms with E-state index in [1.54, 1.807) is 42.5 Å². The molecule has 0 aromatic heterocycles. The lowest BCUT2D eigenvalue weighted by Gasteiger charge is -2.25. The van der Waals surface area contributed by atoms with Gasteiger partial charge in [-0.1, -0.05) is 83.9 Å². The average molecular weight is 583 g/mol. The van der Waals surface area contributed by atoms with Crippen LogP contribution in [0.15, 0.2) is 108 Å². The molecule has 2 amide bonds. The minimum atomic E-state index is -4.20. The Morgan fingerprint density at radius 1 is 0.846 bits per heavy atom. The third-order valence-electron chi connectivity index (χ3n) is 5.89. The Hall–Kier alpha value is -3.85. The first-order valence-electron chi connectivity index (χ1n) is 11.9. The molecular formula is C29H25Cl2N3O4S. The zero-order valence-electron chi connectivity index (χ0n) is 20.8. The number of amides is 2. The molecule has 0 saturated heterocycles. The van der Waals surface area contributed by atoms with Crippen LogP contribution in [0.4, 0.5) is 11.4 Å². The first-order valence-corrected chi connectivity index (χ1v) is 14.1. The molecule has 7 nitrogen and oxygen atoms in total. The Kier molecular flexibility index (Phi) is 8.91. The summed E-state index contributed by atoms with van der Waals surface area (Å²) in [6, 6.07) is 27.7. The van der Waals surface area contributed by atoms with Crippen LogP contribution in [0.25, 0.3) is 0 Å². The molecule has 0 aliphatic heterocycles. The van der Waals surface area contributed by atoms with Gasteiger partial charge in [-0.3, -0.25) is 13.9 Å². The normalized spacial score (nSPS) is 11.9. The molecule has 0 fully saturated rings. The molecule has 10 heteroatoms. The Morgan fingerprint density at radius 2 is 1.46 bits per heavy atom. The Labute approximate surface area is 237 Å². The van der Waals surface area contributed by atoms with Crippen molar-refractivity contribution in [1.82, 2.24) is 5.32 Å². The number of sulfonamides is 1. The number of carbonyl (C=O) groups excluding carboxylic acids is 2. The molecule has 4 aromatic carbocycles. The van der Waals surface area contributed by atoms with Crippen molar-refractivity contribution in [2.24, 2.45) is 0 Å². The van der Waals surface area contributed by atoms with Crippen molar-refractivity contribution >= 4 is 56.4 Å². The van der Waals surface area contributed by atoms with E-state index in [0.29, 0.717) is 0 Å². The van der Waals surface area contributed by atoms with Gasteiger partial charge in [0.1, 0.15) is 6.54 Å². The highest BCUT2D eigenvalue weighted by molar-refractivity contribution is 7.92. The van der Waals surface area contributed by atoms with Gasteiger partial charge in [-0.25, -0.2) is 8.42 Å². The van der Waals surface area contributed by atoms with Gasteiger partial charge in [0.2, 0.25) is 5.91 Å². The lowest BCUT2D eigenvalue weighted by atomic mass is 10.1. The molecule has 0 aliphatic carbocycles. The van der Waals surface area contributed by atoms with Crippen molar-refractivity contribution in [3.63, 3.8) is 0 Å². The van der Waals surface area contributed by atoms with Crippen LogP contribution < -0.4 is 14.9 Å². The summed E-state index contributed by atoms with van der Waals surface area (Å²) >= 11 is 12.5. The van der Waals surface area contributed by atoms with Crippen molar-refractivity contribution in [3.8, 4) is 0 Å². The number of rotatable bonds is 9. The van der Waals surface area contributed by atoms with Crippen LogP contribution in [0, 0.1) is 0 Å². The standard InChI is InChI=1S/C29H25Cl2N3O4S/c1-20(21-10-4-2-5-11-21)32-29(36)24-14-8-9-15-26(24)33-28(35)19-34(27-18-22(30)16-17-25(27)31)39(37,38)23-12-6-3-7-13-23/h2-18,20H,19H2,1H3,(H,32,36)(H,33,35)/t20-/m1/s1. The van der Waals surface area contributed by atoms with Gasteiger partial charge in [-0.15, -0.1) is 0 Å². The zero-order valence-corrected chi connectivity index (χ0v) is 23.2. The molecule has 39 heavy (non-hydrogen) atoms. The number of para-hydroxylation sites is 1. The quantitative estimate of drug-likeness (QED) is 0.242. The smallest absolute Gasteiger partial charge is 0.264 e. The van der Waals surface area contributed by atoms with Gasteiger partial charge in [-0.05, 0) is 55.0 Å². The fraction of sp³-hybridized carbons (Fsp3) is 0.103. The molecule has 0 unspecified atom stereocenters. The second-order valence-electron chi connectivity index (χ2n) is 8.62. The van der Waals surface area contributed by atoms with Crippen LogP contribution in [0.2, 0.25) is 10.0 Å². The number of benzene rings is 4. The maximum Gasteiger partial charge on any atom is 0.264 e. The second kappa shape index (κ2) is 12.3. The van der Waals surface area contributed by atoms with Crippen LogP contribution in [0.1, 0.15) is 28.9 Å². The van der Waals surface area contributed by atoms with E-state index in [2.05, 4.69) is 10.6 Å². The topological polar surface area (TPSA) is 95.6 Å². The van der Waals surface area contributed by atoms with E-state index in [1.807, 2.05) is 37.3 Å². The molecule has 4 aromatic rings. The highest BCUT2D eigenvalue weighted by Gasteiger charge is 2.29. The summed E-state index contributed by atoms with van der Waals surface area (Å²) in [6.45, 7) is 1.24. The van der Waals surface area contributed by atoms with Crippen molar-refractivity contribution in [2.75, 3.05) is 16.2 Å². The lowest BCUT2D eigenvalue weighted by Crippen LogP contribution is -2.38. The first kappa shape index (κ1) is 28.2. The summed E-state index contributed by atoms with van der Waals surface area (Å²) < 4.78 is 28.1. The number of nitrogens with one attached hydrogen (secondary N) is 2. The number of nitrogens with zero attached hydrogens (tertiary/aromatic N) is 1. The predicted molar refractivity (Wildman–Crippen MR) is 155 cm³/mol. The molecule has 1 atom stereocenters. The number of carbonyl (C=O) groups is 2. The Bertz CT molecular complexity index is 1580. The summed E-state index contributed by atoms with van der Waals surface area (Å²) in [6.07, 6.45) is 0. The molecule has 0 radical (unpaired) electrons. The van der Waals surface area contributed by atoms with Crippen molar-refractivity contribution in [2.45, 2.75) is 17.9 Å². The van der Waals surface area contributed by atoms with Gasteiger partial charge in [0.05, 0.1) is 32.9 Å². The summed E-state index contributed by atoms with van der Waals surface area (Å²) in [5.41, 5.74) is 1.43. The minimum Gasteiger partial charge on any atom is -0.345 e. The number of anilines is 2. The van der Waals surface area contributed by atoms with Crippen LogP contribution in [-0.4, -0.2) is 26.8 Å². The van der Waals surface area contributed by atoms with E-state index in [1.165, 1.54) is 30.3 Å². The Balaban J connectivity index is 1.60. The maximum absolute atomic E-state index is 13.6. The monoisotopic (exact) mass is 581 g/mol. The van der Waals surface area contributed by atoms with E-state index in [9.17, 15) is 18.0 Å². The minimum absolute atomic E-state index is 0.0245. The number of halogens is 2. The third-order valence-corrected chi connectivity index (χ3v) is 8.22. The van der Waals surface area contributed by atoms with Crippen LogP contribution in [0.5, 0.6) is 0 Å². The second-order valence-corrected chi connectivity index (χ2v) is 11.3. The summed E-state index contributed by atoms with van der Waals surface area (Å²) in [5.74, 6) is -1.07. The molecule has 2 N–H and O–H groups in total. The molecule has 0 saturated carbocycles. The fourth-order valence-corrected chi connectivity index (χ4v) is 5.79. The van der Waals surface area contributed by atoms with E-state index in [-0.39, 0.29) is 37.9 Å². The summed E-state index contributed by atoms with van der Waals surface area (Å²) in [7, 11) is -4.20. The maximum atomic E-state index is 13.6. The van der Waals surface area contributed by atoms with Gasteiger partial charge in [0.25, 0.3) is 15.9 Å². The lowest BCUT2D eigenvalue weighted by molar-refractivity contribution is -0.114. The van der Waals surface area contributed by atoms with Crippen LogP contribution in [0.3, 0.4) is 0 Å². The molecule has 0 aliphatic rings. The molecule has 4 rings (SSSR count). The van der Waals surface area contributed by atoms with Gasteiger partial charge in [0.15, 0.2) is 0 Å². The molecule has 0 heterocycles. The molecule has 200 valence electrons.